The van der Waals surface area contributed by atoms with Crippen molar-refractivity contribution < 1.29 is 32.6 Å². The number of aliphatic hydroxyl groups excluding tert-OH is 1. The fourth-order valence-electron chi connectivity index (χ4n) is 5.13. The molecule has 3 amide bonds. The molecule has 14 nitrogen and oxygen atoms in total. The molecule has 1 aliphatic heterocycles. The number of carbonyl (C=O) groups is 3. The van der Waals surface area contributed by atoms with Crippen LogP contribution < -0.4 is 26.4 Å². The number of benzene rings is 1. The lowest BCUT2D eigenvalue weighted by Gasteiger charge is -2.30. The standard InChI is InChI=1S/C32H51N7O7S2/c1-5-22(4)19-34-29(41)18-28(40)25(15-21(2)3)36-30(42)26(17-24-20-47-32(33)35-24)37-31(43)27(16-23-9-7-6-8-10-23)38-48(44,45)39-11-13-46-14-12-39/h6-10,20-22,25-28,38,40H,5,11-19H2,1-4H3,(H2,33,35)(H,34,41)(H,36,42)(H,37,43)/t22-,25-,26-,27-,28-/m0/s1. The number of amides is 3. The van der Waals surface area contributed by atoms with E-state index in [1.54, 1.807) is 29.6 Å². The fourth-order valence-corrected chi connectivity index (χ4v) is 7.03. The maximum atomic E-state index is 13.9. The number of aliphatic hydroxyl groups is 1. The maximum absolute atomic E-state index is 13.9. The van der Waals surface area contributed by atoms with Gasteiger partial charge in [-0.2, -0.15) is 17.4 Å². The number of nitrogens with one attached hydrogen (secondary N) is 4. The average Bonchev–Trinajstić information content (AvgIpc) is 3.47. The van der Waals surface area contributed by atoms with Crippen LogP contribution in [-0.4, -0.2) is 97.6 Å². The molecule has 0 bridgehead atoms. The summed E-state index contributed by atoms with van der Waals surface area (Å²) >= 11 is 1.18. The zero-order chi connectivity index (χ0) is 35.3. The van der Waals surface area contributed by atoms with Gasteiger partial charge in [0.25, 0.3) is 10.2 Å². The van der Waals surface area contributed by atoms with Crippen LogP contribution in [0, 0.1) is 11.8 Å². The molecule has 1 saturated heterocycles. The zero-order valence-corrected chi connectivity index (χ0v) is 29.8. The smallest absolute Gasteiger partial charge is 0.280 e. The first-order chi connectivity index (χ1) is 22.8. The van der Waals surface area contributed by atoms with Crippen LogP contribution in [0.25, 0.3) is 0 Å². The summed E-state index contributed by atoms with van der Waals surface area (Å²) in [6.45, 7) is 9.13. The number of hydrogen-bond donors (Lipinski definition) is 6. The molecule has 1 fully saturated rings. The summed E-state index contributed by atoms with van der Waals surface area (Å²) in [5.74, 6) is -1.32. The molecule has 0 spiro atoms. The van der Waals surface area contributed by atoms with E-state index in [2.05, 4.69) is 25.7 Å². The molecule has 268 valence electrons. The number of rotatable bonds is 19. The van der Waals surface area contributed by atoms with Gasteiger partial charge in [-0.05, 0) is 30.2 Å². The van der Waals surface area contributed by atoms with E-state index in [-0.39, 0.29) is 68.4 Å². The van der Waals surface area contributed by atoms with Gasteiger partial charge in [-0.3, -0.25) is 14.4 Å². The van der Waals surface area contributed by atoms with Crippen LogP contribution in [0.5, 0.6) is 0 Å². The van der Waals surface area contributed by atoms with Crippen molar-refractivity contribution in [1.29, 1.82) is 0 Å². The molecule has 2 aromatic rings. The minimum absolute atomic E-state index is 0.0225. The molecule has 7 N–H and O–H groups in total. The largest absolute Gasteiger partial charge is 0.390 e. The molecule has 5 atom stereocenters. The Morgan fingerprint density at radius 3 is 2.31 bits per heavy atom. The van der Waals surface area contributed by atoms with Crippen molar-refractivity contribution in [2.45, 2.75) is 84.0 Å². The number of carbonyl (C=O) groups excluding carboxylic acids is 3. The van der Waals surface area contributed by atoms with Gasteiger partial charge in [-0.15, -0.1) is 11.3 Å². The molecule has 0 radical (unpaired) electrons. The lowest BCUT2D eigenvalue weighted by atomic mass is 9.96. The number of ether oxygens (including phenoxy) is 1. The third-order valence-corrected chi connectivity index (χ3v) is 10.4. The molecular formula is C32H51N7O7S2. The highest BCUT2D eigenvalue weighted by atomic mass is 32.2. The lowest BCUT2D eigenvalue weighted by molar-refractivity contribution is -0.131. The van der Waals surface area contributed by atoms with Gasteiger partial charge in [-0.1, -0.05) is 64.4 Å². The van der Waals surface area contributed by atoms with E-state index in [0.29, 0.717) is 24.2 Å². The van der Waals surface area contributed by atoms with E-state index in [9.17, 15) is 27.9 Å². The van der Waals surface area contributed by atoms with Crippen molar-refractivity contribution >= 4 is 44.4 Å². The van der Waals surface area contributed by atoms with Gasteiger partial charge >= 0.3 is 0 Å². The van der Waals surface area contributed by atoms with Crippen molar-refractivity contribution in [1.82, 2.24) is 30.0 Å². The third kappa shape index (κ3) is 13.0. The summed E-state index contributed by atoms with van der Waals surface area (Å²) in [5.41, 5.74) is 7.00. The summed E-state index contributed by atoms with van der Waals surface area (Å²) in [6, 6.07) is 5.68. The van der Waals surface area contributed by atoms with Crippen LogP contribution in [0.15, 0.2) is 35.7 Å². The third-order valence-electron chi connectivity index (χ3n) is 8.07. The quantitative estimate of drug-likeness (QED) is 0.123. The van der Waals surface area contributed by atoms with Crippen molar-refractivity contribution in [3.63, 3.8) is 0 Å². The first-order valence-corrected chi connectivity index (χ1v) is 18.7. The van der Waals surface area contributed by atoms with Crippen LogP contribution in [0.4, 0.5) is 5.13 Å². The first kappa shape index (κ1) is 39.3. The first-order valence-electron chi connectivity index (χ1n) is 16.4. The Morgan fingerprint density at radius 1 is 1.04 bits per heavy atom. The van der Waals surface area contributed by atoms with Crippen molar-refractivity contribution in [2.24, 2.45) is 11.8 Å². The van der Waals surface area contributed by atoms with Gasteiger partial charge in [0.1, 0.15) is 12.1 Å². The van der Waals surface area contributed by atoms with E-state index < -0.39 is 46.3 Å². The van der Waals surface area contributed by atoms with Crippen LogP contribution in [-0.2, 0) is 42.2 Å². The molecule has 2 heterocycles. The summed E-state index contributed by atoms with van der Waals surface area (Å²) in [7, 11) is -4.08. The Morgan fingerprint density at radius 2 is 1.71 bits per heavy atom. The van der Waals surface area contributed by atoms with E-state index >= 15 is 0 Å². The fraction of sp³-hybridized carbons (Fsp3) is 0.625. The number of anilines is 1. The number of thiazole rings is 1. The van der Waals surface area contributed by atoms with Gasteiger partial charge in [0, 0.05) is 31.4 Å². The number of nitrogens with two attached hydrogens (primary N) is 1. The highest BCUT2D eigenvalue weighted by Gasteiger charge is 2.34. The van der Waals surface area contributed by atoms with Gasteiger partial charge in [-0.25, -0.2) is 4.98 Å². The van der Waals surface area contributed by atoms with Crippen LogP contribution >= 0.6 is 11.3 Å². The van der Waals surface area contributed by atoms with Crippen molar-refractivity contribution in [3.05, 3.63) is 47.0 Å². The van der Waals surface area contributed by atoms with Crippen LogP contribution in [0.1, 0.15) is 58.2 Å². The molecular weight excluding hydrogens is 659 g/mol. The molecule has 0 unspecified atom stereocenters. The minimum Gasteiger partial charge on any atom is -0.390 e. The lowest BCUT2D eigenvalue weighted by Crippen LogP contribution is -2.59. The number of morpholine rings is 1. The Hall–Kier alpha value is -3.15. The SMILES string of the molecule is CC[C@H](C)CNC(=O)C[C@H](O)[C@H](CC(C)C)NC(=O)[C@H](Cc1csc(N)n1)NC(=O)[C@H](Cc1ccccc1)NS(=O)(=O)N1CCOCC1. The average molecular weight is 710 g/mol. The van der Waals surface area contributed by atoms with E-state index in [4.69, 9.17) is 10.5 Å². The van der Waals surface area contributed by atoms with Crippen LogP contribution in [0.2, 0.25) is 0 Å². The number of aromatic nitrogens is 1. The highest BCUT2D eigenvalue weighted by molar-refractivity contribution is 7.87. The molecule has 0 aliphatic carbocycles. The Bertz CT molecular complexity index is 1420. The number of nitrogens with zero attached hydrogens (tertiary/aromatic N) is 2. The van der Waals surface area contributed by atoms with Gasteiger partial charge in [0.15, 0.2) is 5.13 Å². The Labute approximate surface area is 287 Å². The molecule has 48 heavy (non-hydrogen) atoms. The maximum Gasteiger partial charge on any atom is 0.280 e. The van der Waals surface area contributed by atoms with Crippen LogP contribution in [0.3, 0.4) is 0 Å². The number of nitrogen functional groups attached to an aromatic ring is 1. The molecule has 1 aromatic heterocycles. The predicted molar refractivity (Wildman–Crippen MR) is 185 cm³/mol. The second-order valence-corrected chi connectivity index (χ2v) is 15.2. The Balaban J connectivity index is 1.83. The van der Waals surface area contributed by atoms with Gasteiger partial charge in [0.05, 0.1) is 37.5 Å². The molecule has 3 rings (SSSR count). The van der Waals surface area contributed by atoms with E-state index in [1.165, 1.54) is 15.6 Å². The summed E-state index contributed by atoms with van der Waals surface area (Å²) < 4.78 is 35.7. The summed E-state index contributed by atoms with van der Waals surface area (Å²) in [4.78, 5) is 44.6. The van der Waals surface area contributed by atoms with E-state index in [1.807, 2.05) is 33.8 Å². The predicted octanol–water partition coefficient (Wildman–Crippen LogP) is 0.975. The summed E-state index contributed by atoms with van der Waals surface area (Å²) in [5, 5.41) is 21.5. The Kier molecular flexibility index (Phi) is 15.7. The van der Waals surface area contributed by atoms with Gasteiger partial charge < -0.3 is 31.5 Å². The molecule has 1 aliphatic rings. The zero-order valence-electron chi connectivity index (χ0n) is 28.2. The normalized spacial score (nSPS) is 17.2. The molecule has 16 heteroatoms. The van der Waals surface area contributed by atoms with Gasteiger partial charge in [0.2, 0.25) is 17.7 Å². The topological polar surface area (TPSA) is 205 Å². The monoisotopic (exact) mass is 709 g/mol. The van der Waals surface area contributed by atoms with E-state index in [0.717, 1.165) is 6.42 Å². The molecule has 0 saturated carbocycles. The number of hydrogen-bond acceptors (Lipinski definition) is 10. The molecule has 1 aromatic carbocycles. The minimum atomic E-state index is -4.08. The highest BCUT2D eigenvalue weighted by Crippen LogP contribution is 2.16. The second kappa shape index (κ2) is 19.1. The van der Waals surface area contributed by atoms with Crippen molar-refractivity contribution in [2.75, 3.05) is 38.6 Å². The van der Waals surface area contributed by atoms with Crippen molar-refractivity contribution in [3.8, 4) is 0 Å². The summed E-state index contributed by atoms with van der Waals surface area (Å²) in [6.07, 6.45) is -0.158. The second-order valence-electron chi connectivity index (χ2n) is 12.7.